The molecule has 0 spiro atoms. The average molecular weight is 164 g/mol. The number of alkyl halides is 1. The minimum Gasteiger partial charge on any atom is -0.347 e. The predicted molar refractivity (Wildman–Crippen MR) is 39.0 cm³/mol. The lowest BCUT2D eigenvalue weighted by atomic mass is 10.2. The second-order valence-electron chi connectivity index (χ2n) is 2.02. The van der Waals surface area contributed by atoms with Crippen LogP contribution in [0.2, 0.25) is 0 Å². The summed E-state index contributed by atoms with van der Waals surface area (Å²) in [6, 6.07) is -0.463. The quantitative estimate of drug-likeness (QED) is 0.609. The molecular weight excluding hydrogens is 154 g/mol. The van der Waals surface area contributed by atoms with Gasteiger partial charge in [-0.1, -0.05) is 0 Å². The molecule has 3 nitrogen and oxygen atoms in total. The van der Waals surface area contributed by atoms with Crippen LogP contribution in [0.4, 0.5) is 0 Å². The van der Waals surface area contributed by atoms with Crippen molar-refractivity contribution in [2.75, 3.05) is 5.88 Å². The molecule has 0 aromatic rings. The molecule has 1 amide bonds. The van der Waals surface area contributed by atoms with E-state index in [0.717, 1.165) is 0 Å². The highest BCUT2D eigenvalue weighted by atomic mass is 35.5. The van der Waals surface area contributed by atoms with Gasteiger partial charge in [-0.05, 0) is 6.92 Å². The van der Waals surface area contributed by atoms with E-state index in [9.17, 15) is 9.59 Å². The van der Waals surface area contributed by atoms with Gasteiger partial charge in [-0.25, -0.2) is 0 Å². The lowest BCUT2D eigenvalue weighted by molar-refractivity contribution is -0.125. The molecule has 0 aromatic carbocycles. The number of Topliss-reactive ketones (excluding diaryl/α,β-unsaturated/α-hetero) is 1. The van der Waals surface area contributed by atoms with E-state index in [4.69, 9.17) is 11.6 Å². The van der Waals surface area contributed by atoms with Crippen LogP contribution in [0.15, 0.2) is 0 Å². The standard InChI is InChI=1S/C6H10ClNO2/c1-4(6(10)3-7)8-5(2)9/h4H,3H2,1-2H3,(H,8,9). The summed E-state index contributed by atoms with van der Waals surface area (Å²) in [5, 5.41) is 2.42. The lowest BCUT2D eigenvalue weighted by Crippen LogP contribution is -2.37. The first-order valence-electron chi connectivity index (χ1n) is 2.93. The zero-order chi connectivity index (χ0) is 8.15. The Morgan fingerprint density at radius 1 is 1.60 bits per heavy atom. The minimum absolute atomic E-state index is 0.0541. The minimum atomic E-state index is -0.463. The van der Waals surface area contributed by atoms with Gasteiger partial charge >= 0.3 is 0 Å². The number of nitrogens with one attached hydrogen (secondary N) is 1. The van der Waals surface area contributed by atoms with Crippen LogP contribution in [0.1, 0.15) is 13.8 Å². The highest BCUT2D eigenvalue weighted by Gasteiger charge is 2.10. The molecule has 0 rings (SSSR count). The number of hydrogen-bond acceptors (Lipinski definition) is 2. The Kier molecular flexibility index (Phi) is 4.03. The number of rotatable bonds is 3. The maximum absolute atomic E-state index is 10.7. The Balaban J connectivity index is 3.72. The molecule has 0 radical (unpaired) electrons. The van der Waals surface area contributed by atoms with Gasteiger partial charge in [0.05, 0.1) is 11.9 Å². The summed E-state index contributed by atoms with van der Waals surface area (Å²) in [6.07, 6.45) is 0. The molecule has 0 fully saturated rings. The van der Waals surface area contributed by atoms with Crippen molar-refractivity contribution >= 4 is 23.3 Å². The molecule has 0 aliphatic carbocycles. The first-order valence-corrected chi connectivity index (χ1v) is 3.47. The fourth-order valence-corrected chi connectivity index (χ4v) is 0.733. The topological polar surface area (TPSA) is 46.2 Å². The highest BCUT2D eigenvalue weighted by Crippen LogP contribution is 1.87. The van der Waals surface area contributed by atoms with Gasteiger partial charge in [0, 0.05) is 6.92 Å². The van der Waals surface area contributed by atoms with Gasteiger partial charge in [0.15, 0.2) is 5.78 Å². The van der Waals surface area contributed by atoms with Crippen LogP contribution in [0.25, 0.3) is 0 Å². The van der Waals surface area contributed by atoms with Crippen molar-refractivity contribution in [3.05, 3.63) is 0 Å². The number of ketones is 1. The van der Waals surface area contributed by atoms with E-state index < -0.39 is 6.04 Å². The lowest BCUT2D eigenvalue weighted by Gasteiger charge is -2.07. The van der Waals surface area contributed by atoms with Crippen LogP contribution in [-0.2, 0) is 9.59 Å². The Bertz CT molecular complexity index is 147. The molecule has 0 aromatic heterocycles. The third-order valence-electron chi connectivity index (χ3n) is 1.03. The Labute approximate surface area is 64.7 Å². The predicted octanol–water partition coefficient (Wildman–Crippen LogP) is 0.319. The van der Waals surface area contributed by atoms with Crippen LogP contribution in [0.5, 0.6) is 0 Å². The maximum atomic E-state index is 10.7. The van der Waals surface area contributed by atoms with Crippen molar-refractivity contribution in [2.45, 2.75) is 19.9 Å². The van der Waals surface area contributed by atoms with E-state index >= 15 is 0 Å². The molecule has 0 heterocycles. The third-order valence-corrected chi connectivity index (χ3v) is 1.30. The SMILES string of the molecule is CC(=O)NC(C)C(=O)CCl. The summed E-state index contributed by atoms with van der Waals surface area (Å²) in [6.45, 7) is 2.96. The van der Waals surface area contributed by atoms with Gasteiger partial charge < -0.3 is 5.32 Å². The van der Waals surface area contributed by atoms with Crippen molar-refractivity contribution in [1.29, 1.82) is 0 Å². The van der Waals surface area contributed by atoms with Crippen molar-refractivity contribution in [1.82, 2.24) is 5.32 Å². The molecule has 0 bridgehead atoms. The van der Waals surface area contributed by atoms with Crippen LogP contribution in [-0.4, -0.2) is 23.6 Å². The zero-order valence-electron chi connectivity index (χ0n) is 5.98. The second kappa shape index (κ2) is 4.28. The summed E-state index contributed by atoms with van der Waals surface area (Å²) in [7, 11) is 0. The molecule has 0 aliphatic heterocycles. The summed E-state index contributed by atoms with van der Waals surface area (Å²) >= 11 is 5.23. The van der Waals surface area contributed by atoms with Gasteiger partial charge in [-0.2, -0.15) is 0 Å². The number of hydrogen-bond donors (Lipinski definition) is 1. The van der Waals surface area contributed by atoms with Crippen molar-refractivity contribution in [3.8, 4) is 0 Å². The van der Waals surface area contributed by atoms with E-state index in [2.05, 4.69) is 5.32 Å². The number of amides is 1. The number of carbonyl (C=O) groups excluding carboxylic acids is 2. The van der Waals surface area contributed by atoms with Crippen LogP contribution in [0.3, 0.4) is 0 Å². The molecule has 1 N–H and O–H groups in total. The summed E-state index contributed by atoms with van der Waals surface area (Å²) < 4.78 is 0. The number of halogens is 1. The van der Waals surface area contributed by atoms with Gasteiger partial charge in [0.25, 0.3) is 0 Å². The average Bonchev–Trinajstić information content (AvgIpc) is 1.85. The molecule has 0 saturated carbocycles. The third kappa shape index (κ3) is 3.45. The van der Waals surface area contributed by atoms with E-state index in [1.54, 1.807) is 6.92 Å². The zero-order valence-corrected chi connectivity index (χ0v) is 6.73. The summed E-state index contributed by atoms with van der Waals surface area (Å²) in [4.78, 5) is 21.1. The summed E-state index contributed by atoms with van der Waals surface area (Å²) in [5.74, 6) is -0.440. The van der Waals surface area contributed by atoms with Crippen LogP contribution >= 0.6 is 11.6 Å². The Morgan fingerprint density at radius 3 is 2.40 bits per heavy atom. The Hall–Kier alpha value is -0.570. The van der Waals surface area contributed by atoms with Gasteiger partial charge in [-0.15, -0.1) is 11.6 Å². The Morgan fingerprint density at radius 2 is 2.10 bits per heavy atom. The van der Waals surface area contributed by atoms with Crippen LogP contribution < -0.4 is 5.32 Å². The molecule has 4 heteroatoms. The van der Waals surface area contributed by atoms with Crippen molar-refractivity contribution in [3.63, 3.8) is 0 Å². The fraction of sp³-hybridized carbons (Fsp3) is 0.667. The maximum Gasteiger partial charge on any atom is 0.217 e. The number of carbonyl (C=O) groups is 2. The normalized spacial score (nSPS) is 12.3. The van der Waals surface area contributed by atoms with E-state index in [1.165, 1.54) is 6.92 Å². The highest BCUT2D eigenvalue weighted by molar-refractivity contribution is 6.28. The van der Waals surface area contributed by atoms with E-state index in [-0.39, 0.29) is 17.6 Å². The second-order valence-corrected chi connectivity index (χ2v) is 2.29. The van der Waals surface area contributed by atoms with Crippen LogP contribution in [0, 0.1) is 0 Å². The largest absolute Gasteiger partial charge is 0.347 e. The van der Waals surface area contributed by atoms with Gasteiger partial charge in [0.2, 0.25) is 5.91 Å². The smallest absolute Gasteiger partial charge is 0.217 e. The van der Waals surface area contributed by atoms with Gasteiger partial charge in [0.1, 0.15) is 0 Å². The fourth-order valence-electron chi connectivity index (χ4n) is 0.501. The molecule has 0 saturated heterocycles. The molecule has 0 aliphatic rings. The van der Waals surface area contributed by atoms with E-state index in [1.807, 2.05) is 0 Å². The molecule has 58 valence electrons. The van der Waals surface area contributed by atoms with Crippen molar-refractivity contribution < 1.29 is 9.59 Å². The monoisotopic (exact) mass is 163 g/mol. The molecule has 1 unspecified atom stereocenters. The first-order chi connectivity index (χ1) is 4.57. The van der Waals surface area contributed by atoms with Gasteiger partial charge in [-0.3, -0.25) is 9.59 Å². The first kappa shape index (κ1) is 9.43. The molecular formula is C6H10ClNO2. The van der Waals surface area contributed by atoms with E-state index in [0.29, 0.717) is 0 Å². The molecule has 10 heavy (non-hydrogen) atoms. The summed E-state index contributed by atoms with van der Waals surface area (Å²) in [5.41, 5.74) is 0. The van der Waals surface area contributed by atoms with Crippen molar-refractivity contribution in [2.24, 2.45) is 0 Å². The molecule has 1 atom stereocenters.